The first-order valence-corrected chi connectivity index (χ1v) is 8.66. The largest absolute Gasteiger partial charge is 0.491 e. The lowest BCUT2D eigenvalue weighted by atomic mass is 10.2. The summed E-state index contributed by atoms with van der Waals surface area (Å²) in [5.74, 6) is -0.441. The molecule has 7 heteroatoms. The number of amides is 2. The predicted octanol–water partition coefficient (Wildman–Crippen LogP) is 0.538. The van der Waals surface area contributed by atoms with Crippen molar-refractivity contribution in [2.45, 2.75) is 26.5 Å². The summed E-state index contributed by atoms with van der Waals surface area (Å²) in [4.78, 5) is 25.8. The van der Waals surface area contributed by atoms with Gasteiger partial charge in [0.15, 0.2) is 0 Å². The number of morpholine rings is 1. The summed E-state index contributed by atoms with van der Waals surface area (Å²) < 4.78 is 10.8. The number of benzene rings is 1. The minimum atomic E-state index is -0.621. The molecule has 1 aliphatic rings. The quantitative estimate of drug-likeness (QED) is 0.703. The summed E-state index contributed by atoms with van der Waals surface area (Å²) in [6, 6.07) is 7.44. The molecule has 1 fully saturated rings. The maximum atomic E-state index is 11.8. The zero-order valence-electron chi connectivity index (χ0n) is 14.9. The van der Waals surface area contributed by atoms with Gasteiger partial charge in [-0.2, -0.15) is 0 Å². The first kappa shape index (κ1) is 19.2. The molecule has 1 heterocycles. The van der Waals surface area contributed by atoms with E-state index in [0.29, 0.717) is 13.1 Å². The van der Waals surface area contributed by atoms with E-state index in [-0.39, 0.29) is 6.10 Å². The third-order valence-electron chi connectivity index (χ3n) is 3.77. The minimum Gasteiger partial charge on any atom is -0.491 e. The molecule has 25 heavy (non-hydrogen) atoms. The van der Waals surface area contributed by atoms with Crippen molar-refractivity contribution in [2.24, 2.45) is 0 Å². The summed E-state index contributed by atoms with van der Waals surface area (Å²) in [5, 5.41) is 5.27. The van der Waals surface area contributed by atoms with Crippen molar-refractivity contribution in [2.75, 3.05) is 39.4 Å². The SMILES string of the molecule is CC(C)Oc1ccc(CNC(=O)C(=O)NCCN2CCOCC2)cc1. The fourth-order valence-corrected chi connectivity index (χ4v) is 2.45. The Morgan fingerprint density at radius 1 is 1.12 bits per heavy atom. The average Bonchev–Trinajstić information content (AvgIpc) is 2.61. The molecule has 0 aromatic heterocycles. The Kier molecular flexibility index (Phi) is 7.69. The highest BCUT2D eigenvalue weighted by Gasteiger charge is 2.14. The molecule has 0 atom stereocenters. The van der Waals surface area contributed by atoms with E-state index in [1.807, 2.05) is 38.1 Å². The smallest absolute Gasteiger partial charge is 0.309 e. The molecule has 1 saturated heterocycles. The van der Waals surface area contributed by atoms with Gasteiger partial charge < -0.3 is 20.1 Å². The minimum absolute atomic E-state index is 0.117. The second kappa shape index (κ2) is 10.0. The predicted molar refractivity (Wildman–Crippen MR) is 94.3 cm³/mol. The second-order valence-corrected chi connectivity index (χ2v) is 6.20. The summed E-state index contributed by atoms with van der Waals surface area (Å²) in [6.07, 6.45) is 0.117. The summed E-state index contributed by atoms with van der Waals surface area (Å²) >= 11 is 0. The molecule has 0 bridgehead atoms. The van der Waals surface area contributed by atoms with E-state index < -0.39 is 11.8 Å². The van der Waals surface area contributed by atoms with Gasteiger partial charge in [-0.15, -0.1) is 0 Å². The fraction of sp³-hybridized carbons (Fsp3) is 0.556. The van der Waals surface area contributed by atoms with E-state index in [0.717, 1.165) is 44.2 Å². The van der Waals surface area contributed by atoms with Crippen molar-refractivity contribution in [1.82, 2.24) is 15.5 Å². The van der Waals surface area contributed by atoms with Crippen LogP contribution in [0.3, 0.4) is 0 Å². The van der Waals surface area contributed by atoms with Crippen molar-refractivity contribution < 1.29 is 19.1 Å². The van der Waals surface area contributed by atoms with Crippen molar-refractivity contribution in [3.8, 4) is 5.75 Å². The zero-order chi connectivity index (χ0) is 18.1. The Morgan fingerprint density at radius 3 is 2.40 bits per heavy atom. The third-order valence-corrected chi connectivity index (χ3v) is 3.77. The van der Waals surface area contributed by atoms with Crippen molar-refractivity contribution in [1.29, 1.82) is 0 Å². The molecule has 0 radical (unpaired) electrons. The van der Waals surface area contributed by atoms with Crippen molar-refractivity contribution in [3.63, 3.8) is 0 Å². The Bertz CT molecular complexity index is 554. The van der Waals surface area contributed by atoms with Crippen molar-refractivity contribution >= 4 is 11.8 Å². The molecule has 1 aliphatic heterocycles. The van der Waals surface area contributed by atoms with Crippen LogP contribution in [-0.4, -0.2) is 62.2 Å². The first-order valence-electron chi connectivity index (χ1n) is 8.66. The van der Waals surface area contributed by atoms with Crippen LogP contribution < -0.4 is 15.4 Å². The monoisotopic (exact) mass is 349 g/mol. The number of hydrogen-bond donors (Lipinski definition) is 2. The van der Waals surface area contributed by atoms with E-state index in [4.69, 9.17) is 9.47 Å². The molecule has 0 spiro atoms. The maximum Gasteiger partial charge on any atom is 0.309 e. The molecule has 2 rings (SSSR count). The van der Waals surface area contributed by atoms with Crippen LogP contribution in [0.4, 0.5) is 0 Å². The van der Waals surface area contributed by atoms with Gasteiger partial charge in [0.05, 0.1) is 19.3 Å². The lowest BCUT2D eigenvalue weighted by Crippen LogP contribution is -2.44. The Morgan fingerprint density at radius 2 is 1.76 bits per heavy atom. The van der Waals surface area contributed by atoms with Gasteiger partial charge in [-0.3, -0.25) is 14.5 Å². The molecular formula is C18H27N3O4. The number of ether oxygens (including phenoxy) is 2. The Labute approximate surface area is 148 Å². The van der Waals surface area contributed by atoms with Gasteiger partial charge in [-0.25, -0.2) is 0 Å². The van der Waals surface area contributed by atoms with Crippen LogP contribution in [-0.2, 0) is 20.9 Å². The highest BCUT2D eigenvalue weighted by molar-refractivity contribution is 6.35. The zero-order valence-corrected chi connectivity index (χ0v) is 14.9. The van der Waals surface area contributed by atoms with Gasteiger partial charge in [0.1, 0.15) is 5.75 Å². The molecule has 138 valence electrons. The molecule has 0 aliphatic carbocycles. The number of carbonyl (C=O) groups excluding carboxylic acids is 2. The molecule has 7 nitrogen and oxygen atoms in total. The molecular weight excluding hydrogens is 322 g/mol. The van der Waals surface area contributed by atoms with Gasteiger partial charge in [-0.05, 0) is 31.5 Å². The van der Waals surface area contributed by atoms with Gasteiger partial charge in [0.25, 0.3) is 0 Å². The van der Waals surface area contributed by atoms with E-state index in [2.05, 4.69) is 15.5 Å². The van der Waals surface area contributed by atoms with Gasteiger partial charge in [0.2, 0.25) is 0 Å². The van der Waals surface area contributed by atoms with Gasteiger partial charge in [0, 0.05) is 32.7 Å². The number of nitrogens with zero attached hydrogens (tertiary/aromatic N) is 1. The van der Waals surface area contributed by atoms with Gasteiger partial charge >= 0.3 is 11.8 Å². The molecule has 1 aromatic rings. The van der Waals surface area contributed by atoms with Gasteiger partial charge in [-0.1, -0.05) is 12.1 Å². The molecule has 1 aromatic carbocycles. The lowest BCUT2D eigenvalue weighted by Gasteiger charge is -2.26. The van der Waals surface area contributed by atoms with Crippen LogP contribution in [0.25, 0.3) is 0 Å². The van der Waals surface area contributed by atoms with Crippen LogP contribution >= 0.6 is 0 Å². The average molecular weight is 349 g/mol. The van der Waals surface area contributed by atoms with E-state index >= 15 is 0 Å². The number of rotatable bonds is 7. The highest BCUT2D eigenvalue weighted by Crippen LogP contribution is 2.13. The highest BCUT2D eigenvalue weighted by atomic mass is 16.5. The molecule has 2 amide bonds. The molecule has 0 saturated carbocycles. The van der Waals surface area contributed by atoms with E-state index in [9.17, 15) is 9.59 Å². The summed E-state index contributed by atoms with van der Waals surface area (Å²) in [7, 11) is 0. The Hall–Kier alpha value is -2.12. The standard InChI is InChI=1S/C18H27N3O4/c1-14(2)25-16-5-3-15(4-6-16)13-20-18(23)17(22)19-7-8-21-9-11-24-12-10-21/h3-6,14H,7-13H2,1-2H3,(H,19,22)(H,20,23). The third kappa shape index (κ3) is 7.11. The van der Waals surface area contributed by atoms with Crippen LogP contribution in [0.2, 0.25) is 0 Å². The number of hydrogen-bond acceptors (Lipinski definition) is 5. The second-order valence-electron chi connectivity index (χ2n) is 6.20. The number of nitrogens with one attached hydrogen (secondary N) is 2. The Balaban J connectivity index is 1.65. The summed E-state index contributed by atoms with van der Waals surface area (Å²) in [6.45, 7) is 8.56. The number of carbonyl (C=O) groups is 2. The maximum absolute atomic E-state index is 11.8. The van der Waals surface area contributed by atoms with E-state index in [1.165, 1.54) is 0 Å². The van der Waals surface area contributed by atoms with Crippen LogP contribution in [0.1, 0.15) is 19.4 Å². The lowest BCUT2D eigenvalue weighted by molar-refractivity contribution is -0.139. The van der Waals surface area contributed by atoms with Crippen LogP contribution in [0, 0.1) is 0 Å². The topological polar surface area (TPSA) is 79.9 Å². The fourth-order valence-electron chi connectivity index (χ4n) is 2.45. The van der Waals surface area contributed by atoms with Crippen molar-refractivity contribution in [3.05, 3.63) is 29.8 Å². The first-order chi connectivity index (χ1) is 12.0. The van der Waals surface area contributed by atoms with E-state index in [1.54, 1.807) is 0 Å². The summed E-state index contributed by atoms with van der Waals surface area (Å²) in [5.41, 5.74) is 0.908. The normalized spacial score (nSPS) is 15.0. The van der Waals surface area contributed by atoms with Crippen LogP contribution in [0.15, 0.2) is 24.3 Å². The molecule has 2 N–H and O–H groups in total. The molecule has 0 unspecified atom stereocenters. The van der Waals surface area contributed by atoms with Crippen LogP contribution in [0.5, 0.6) is 5.75 Å².